The zero-order chi connectivity index (χ0) is 21.4. The van der Waals surface area contributed by atoms with Gasteiger partial charge in [-0.15, -0.1) is 0 Å². The first-order valence-electron chi connectivity index (χ1n) is 9.70. The van der Waals surface area contributed by atoms with Crippen molar-refractivity contribution in [3.63, 3.8) is 0 Å². The van der Waals surface area contributed by atoms with Crippen molar-refractivity contribution in [1.29, 1.82) is 0 Å². The minimum absolute atomic E-state index is 0.0916. The number of fused-ring (bicyclic) bond motifs is 1. The monoisotopic (exact) mass is 429 g/mol. The van der Waals surface area contributed by atoms with Gasteiger partial charge >= 0.3 is 6.18 Å². The summed E-state index contributed by atoms with van der Waals surface area (Å²) in [4.78, 5) is 17.4. The van der Waals surface area contributed by atoms with Gasteiger partial charge in [-0.1, -0.05) is 6.07 Å². The molecule has 1 aliphatic rings. The number of halogens is 3. The van der Waals surface area contributed by atoms with Crippen molar-refractivity contribution in [2.24, 2.45) is 0 Å². The third-order valence-electron chi connectivity index (χ3n) is 5.16. The van der Waals surface area contributed by atoms with Crippen LogP contribution in [0.5, 0.6) is 0 Å². The number of aromatic nitrogens is 6. The van der Waals surface area contributed by atoms with E-state index >= 15 is 0 Å². The van der Waals surface area contributed by atoms with E-state index in [1.165, 1.54) is 27.9 Å². The summed E-state index contributed by atoms with van der Waals surface area (Å²) in [5, 5.41) is 4.27. The molecule has 1 fully saturated rings. The number of nitrogens with zero attached hydrogens (tertiary/aromatic N) is 6. The van der Waals surface area contributed by atoms with Gasteiger partial charge in [0.1, 0.15) is 11.9 Å². The summed E-state index contributed by atoms with van der Waals surface area (Å²) in [6.07, 6.45) is 1.83. The molecular weight excluding hydrogens is 411 g/mol. The Morgan fingerprint density at radius 1 is 1.06 bits per heavy atom. The fourth-order valence-corrected chi connectivity index (χ4v) is 3.69. The predicted octanol–water partition coefficient (Wildman–Crippen LogP) is 3.14. The van der Waals surface area contributed by atoms with Gasteiger partial charge < -0.3 is 9.72 Å². The molecule has 0 aromatic carbocycles. The Kier molecular flexibility index (Phi) is 4.91. The molecule has 4 aromatic heterocycles. The smallest absolute Gasteiger partial charge is 0.379 e. The minimum atomic E-state index is -4.41. The standard InChI is InChI=1S/C20H18F3N7O/c21-20(22,23)17(29-6-8-31-9-7-29)13-3-4-16(25-10-13)30-12-14(11-26-30)18-27-15-2-1-5-24-19(15)28-18/h1-5,10-12,17H,6-9H2,(H,24,27,28). The van der Waals surface area contributed by atoms with E-state index in [-0.39, 0.29) is 31.9 Å². The Balaban J connectivity index is 1.40. The highest BCUT2D eigenvalue weighted by atomic mass is 19.4. The second-order valence-corrected chi connectivity index (χ2v) is 7.18. The lowest BCUT2D eigenvalue weighted by Crippen LogP contribution is -2.44. The van der Waals surface area contributed by atoms with Gasteiger partial charge in [-0.05, 0) is 23.8 Å². The first-order chi connectivity index (χ1) is 15.0. The van der Waals surface area contributed by atoms with E-state index in [4.69, 9.17) is 4.74 Å². The molecule has 1 aliphatic heterocycles. The number of ether oxygens (including phenoxy) is 1. The number of imidazole rings is 1. The molecule has 0 saturated carbocycles. The number of hydrogen-bond acceptors (Lipinski definition) is 6. The van der Waals surface area contributed by atoms with Crippen LogP contribution in [-0.2, 0) is 4.74 Å². The Morgan fingerprint density at radius 3 is 2.61 bits per heavy atom. The highest BCUT2D eigenvalue weighted by Gasteiger charge is 2.45. The Morgan fingerprint density at radius 2 is 1.90 bits per heavy atom. The van der Waals surface area contributed by atoms with E-state index in [0.717, 1.165) is 5.52 Å². The number of morpholine rings is 1. The van der Waals surface area contributed by atoms with Crippen LogP contribution in [0.15, 0.2) is 49.1 Å². The zero-order valence-electron chi connectivity index (χ0n) is 16.3. The highest BCUT2D eigenvalue weighted by molar-refractivity contribution is 5.75. The van der Waals surface area contributed by atoms with Crippen LogP contribution in [0, 0.1) is 0 Å². The molecule has 0 aliphatic carbocycles. The van der Waals surface area contributed by atoms with Crippen LogP contribution in [0.1, 0.15) is 11.6 Å². The van der Waals surface area contributed by atoms with Crippen molar-refractivity contribution in [3.8, 4) is 17.2 Å². The van der Waals surface area contributed by atoms with Gasteiger partial charge in [0.05, 0.1) is 30.5 Å². The summed E-state index contributed by atoms with van der Waals surface area (Å²) < 4.78 is 47.9. The molecule has 4 aromatic rings. The SMILES string of the molecule is FC(F)(F)C(c1ccc(-n2cc(-c3nc4ncccc4[nH]3)cn2)nc1)N1CCOCC1. The normalized spacial score (nSPS) is 16.6. The average molecular weight is 429 g/mol. The van der Waals surface area contributed by atoms with Crippen LogP contribution in [-0.4, -0.2) is 67.1 Å². The third-order valence-corrected chi connectivity index (χ3v) is 5.16. The largest absolute Gasteiger partial charge is 0.408 e. The molecule has 8 nitrogen and oxygen atoms in total. The maximum atomic E-state index is 13.7. The minimum Gasteiger partial charge on any atom is -0.379 e. The van der Waals surface area contributed by atoms with Crippen molar-refractivity contribution in [1.82, 2.24) is 34.6 Å². The number of aromatic amines is 1. The zero-order valence-corrected chi connectivity index (χ0v) is 16.3. The van der Waals surface area contributed by atoms with E-state index in [1.807, 2.05) is 12.1 Å². The molecule has 1 unspecified atom stereocenters. The summed E-state index contributed by atoms with van der Waals surface area (Å²) >= 11 is 0. The number of nitrogens with one attached hydrogen (secondary N) is 1. The maximum Gasteiger partial charge on any atom is 0.408 e. The fraction of sp³-hybridized carbons (Fsp3) is 0.300. The lowest BCUT2D eigenvalue weighted by atomic mass is 10.1. The number of hydrogen-bond donors (Lipinski definition) is 1. The summed E-state index contributed by atoms with van der Waals surface area (Å²) in [6, 6.07) is 4.95. The van der Waals surface area contributed by atoms with Gasteiger partial charge in [0.25, 0.3) is 0 Å². The van der Waals surface area contributed by atoms with Crippen LogP contribution in [0.4, 0.5) is 13.2 Å². The third kappa shape index (κ3) is 3.89. The summed E-state index contributed by atoms with van der Waals surface area (Å²) in [7, 11) is 0. The Labute approximate surface area is 174 Å². The predicted molar refractivity (Wildman–Crippen MR) is 105 cm³/mol. The molecule has 1 atom stereocenters. The topological polar surface area (TPSA) is 84.8 Å². The first kappa shape index (κ1) is 19.6. The second kappa shape index (κ2) is 7.75. The molecule has 11 heteroatoms. The molecule has 160 valence electrons. The lowest BCUT2D eigenvalue weighted by molar-refractivity contribution is -0.194. The van der Waals surface area contributed by atoms with Crippen LogP contribution in [0.3, 0.4) is 0 Å². The van der Waals surface area contributed by atoms with E-state index in [2.05, 4.69) is 25.0 Å². The van der Waals surface area contributed by atoms with E-state index < -0.39 is 12.2 Å². The van der Waals surface area contributed by atoms with Crippen molar-refractivity contribution < 1.29 is 17.9 Å². The van der Waals surface area contributed by atoms with Gasteiger partial charge in [0.15, 0.2) is 11.5 Å². The summed E-state index contributed by atoms with van der Waals surface area (Å²) in [6.45, 7) is 1.01. The van der Waals surface area contributed by atoms with Crippen molar-refractivity contribution in [2.45, 2.75) is 12.2 Å². The molecule has 1 N–H and O–H groups in total. The fourth-order valence-electron chi connectivity index (χ4n) is 3.69. The average Bonchev–Trinajstić information content (AvgIpc) is 3.41. The molecular formula is C20H18F3N7O. The molecule has 5 heterocycles. The first-order valence-corrected chi connectivity index (χ1v) is 9.70. The van der Waals surface area contributed by atoms with Crippen molar-refractivity contribution in [3.05, 3.63) is 54.6 Å². The second-order valence-electron chi connectivity index (χ2n) is 7.18. The number of pyridine rings is 2. The molecule has 0 spiro atoms. The molecule has 0 radical (unpaired) electrons. The number of H-pyrrole nitrogens is 1. The van der Waals surface area contributed by atoms with Crippen molar-refractivity contribution in [2.75, 3.05) is 26.3 Å². The van der Waals surface area contributed by atoms with Gasteiger partial charge in [-0.2, -0.15) is 18.3 Å². The van der Waals surface area contributed by atoms with E-state index in [9.17, 15) is 13.2 Å². The number of alkyl halides is 3. The Bertz CT molecular complexity index is 1150. The van der Waals surface area contributed by atoms with Crippen LogP contribution >= 0.6 is 0 Å². The Hall–Kier alpha value is -3.31. The molecule has 0 amide bonds. The summed E-state index contributed by atoms with van der Waals surface area (Å²) in [5.74, 6) is 1.01. The highest BCUT2D eigenvalue weighted by Crippen LogP contribution is 2.38. The van der Waals surface area contributed by atoms with Gasteiger partial charge in [0, 0.05) is 31.7 Å². The van der Waals surface area contributed by atoms with Crippen LogP contribution in [0.25, 0.3) is 28.4 Å². The quantitative estimate of drug-likeness (QED) is 0.537. The van der Waals surface area contributed by atoms with Crippen LogP contribution < -0.4 is 0 Å². The van der Waals surface area contributed by atoms with Gasteiger partial charge in [-0.3, -0.25) is 4.90 Å². The molecule has 1 saturated heterocycles. The number of rotatable bonds is 4. The molecule has 5 rings (SSSR count). The van der Waals surface area contributed by atoms with E-state index in [0.29, 0.717) is 22.9 Å². The van der Waals surface area contributed by atoms with Crippen LogP contribution in [0.2, 0.25) is 0 Å². The lowest BCUT2D eigenvalue weighted by Gasteiger charge is -2.35. The van der Waals surface area contributed by atoms with Gasteiger partial charge in [-0.25, -0.2) is 19.6 Å². The molecule has 0 bridgehead atoms. The van der Waals surface area contributed by atoms with Gasteiger partial charge in [0.2, 0.25) is 0 Å². The van der Waals surface area contributed by atoms with Crippen molar-refractivity contribution >= 4 is 11.2 Å². The van der Waals surface area contributed by atoms with E-state index in [1.54, 1.807) is 18.6 Å². The summed E-state index contributed by atoms with van der Waals surface area (Å²) in [5.41, 5.74) is 2.20. The molecule has 31 heavy (non-hydrogen) atoms. The maximum absolute atomic E-state index is 13.7.